The third-order valence-corrected chi connectivity index (χ3v) is 4.97. The highest BCUT2D eigenvalue weighted by atomic mass is 19.1. The Morgan fingerprint density at radius 2 is 1.97 bits per heavy atom. The number of guanidine groups is 1. The van der Waals surface area contributed by atoms with E-state index in [0.717, 1.165) is 63.8 Å². The Labute approximate surface area is 183 Å². The van der Waals surface area contributed by atoms with Crippen LogP contribution in [0.1, 0.15) is 24.8 Å². The lowest BCUT2D eigenvalue weighted by Gasteiger charge is -2.21. The first kappa shape index (κ1) is 23.0. The molecular weight excluding hydrogens is 399 g/mol. The number of hydrogen-bond donors (Lipinski definition) is 2. The molecule has 2 heterocycles. The van der Waals surface area contributed by atoms with Crippen LogP contribution in [0.5, 0.6) is 11.6 Å². The molecule has 1 aromatic heterocycles. The first-order valence-corrected chi connectivity index (χ1v) is 10.7. The number of ether oxygens (including phenoxy) is 3. The number of nitrogens with zero attached hydrogens (tertiary/aromatic N) is 2. The standard InChI is InChI=1S/C23H31FN4O3/c1-25-23(26-11-2-12-30-17-18-9-13-29-14-10-18)28-16-19-3-8-22(27-15-19)31-21-6-4-20(24)5-7-21/h3-8,15,18H,2,9-14,16-17H2,1H3,(H2,25,26,28). The smallest absolute Gasteiger partial charge is 0.219 e. The van der Waals surface area contributed by atoms with Gasteiger partial charge in [0.05, 0.1) is 0 Å². The highest BCUT2D eigenvalue weighted by Gasteiger charge is 2.13. The van der Waals surface area contributed by atoms with E-state index in [9.17, 15) is 4.39 Å². The second kappa shape index (κ2) is 12.9. The maximum atomic E-state index is 13.0. The normalized spacial score (nSPS) is 15.0. The number of halogens is 1. The third kappa shape index (κ3) is 8.51. The Balaban J connectivity index is 1.30. The summed E-state index contributed by atoms with van der Waals surface area (Å²) in [7, 11) is 1.74. The van der Waals surface area contributed by atoms with Gasteiger partial charge in [-0.1, -0.05) is 6.07 Å². The number of aliphatic imine (C=N–C) groups is 1. The minimum atomic E-state index is -0.300. The number of nitrogens with one attached hydrogen (secondary N) is 2. The second-order valence-electron chi connectivity index (χ2n) is 7.40. The summed E-state index contributed by atoms with van der Waals surface area (Å²) < 4.78 is 29.7. The number of benzene rings is 1. The van der Waals surface area contributed by atoms with Crippen molar-refractivity contribution in [2.24, 2.45) is 10.9 Å². The van der Waals surface area contributed by atoms with Crippen molar-refractivity contribution in [2.45, 2.75) is 25.8 Å². The SMILES string of the molecule is CN=C(NCCCOCC1CCOCC1)NCc1ccc(Oc2ccc(F)cc2)nc1. The Kier molecular flexibility index (Phi) is 9.53. The highest BCUT2D eigenvalue weighted by Crippen LogP contribution is 2.19. The first-order chi connectivity index (χ1) is 15.2. The summed E-state index contributed by atoms with van der Waals surface area (Å²) in [5.74, 6) is 2.07. The van der Waals surface area contributed by atoms with Crippen LogP contribution in [-0.4, -0.2) is 51.0 Å². The van der Waals surface area contributed by atoms with E-state index < -0.39 is 0 Å². The lowest BCUT2D eigenvalue weighted by molar-refractivity contribution is 0.0203. The van der Waals surface area contributed by atoms with Crippen molar-refractivity contribution in [3.63, 3.8) is 0 Å². The van der Waals surface area contributed by atoms with Crippen molar-refractivity contribution in [2.75, 3.05) is 40.0 Å². The van der Waals surface area contributed by atoms with Gasteiger partial charge in [0.25, 0.3) is 0 Å². The Morgan fingerprint density at radius 1 is 1.16 bits per heavy atom. The summed E-state index contributed by atoms with van der Waals surface area (Å²) in [4.78, 5) is 8.53. The molecular formula is C23H31FN4O3. The Morgan fingerprint density at radius 3 is 2.68 bits per heavy atom. The van der Waals surface area contributed by atoms with Crippen molar-refractivity contribution >= 4 is 5.96 Å². The zero-order valence-electron chi connectivity index (χ0n) is 18.0. The fourth-order valence-electron chi connectivity index (χ4n) is 3.15. The summed E-state index contributed by atoms with van der Waals surface area (Å²) >= 11 is 0. The molecule has 1 aliphatic rings. The number of pyridine rings is 1. The molecule has 1 saturated heterocycles. The molecule has 7 nitrogen and oxygen atoms in total. The quantitative estimate of drug-likeness (QED) is 0.341. The number of rotatable bonds is 10. The highest BCUT2D eigenvalue weighted by molar-refractivity contribution is 5.79. The van der Waals surface area contributed by atoms with Crippen molar-refractivity contribution in [1.82, 2.24) is 15.6 Å². The van der Waals surface area contributed by atoms with Crippen LogP contribution in [0.2, 0.25) is 0 Å². The second-order valence-corrected chi connectivity index (χ2v) is 7.40. The predicted octanol–water partition coefficient (Wildman–Crippen LogP) is 3.51. The predicted molar refractivity (Wildman–Crippen MR) is 118 cm³/mol. The lowest BCUT2D eigenvalue weighted by atomic mass is 10.0. The summed E-state index contributed by atoms with van der Waals surface area (Å²) in [6.07, 6.45) is 4.86. The van der Waals surface area contributed by atoms with Gasteiger partial charge in [-0.05, 0) is 55.0 Å². The van der Waals surface area contributed by atoms with Crippen LogP contribution in [0.3, 0.4) is 0 Å². The molecule has 1 fully saturated rings. The van der Waals surface area contributed by atoms with Gasteiger partial charge in [-0.25, -0.2) is 9.37 Å². The minimum Gasteiger partial charge on any atom is -0.439 e. The molecule has 31 heavy (non-hydrogen) atoms. The molecule has 0 amide bonds. The van der Waals surface area contributed by atoms with Gasteiger partial charge in [-0.3, -0.25) is 4.99 Å². The van der Waals surface area contributed by atoms with Crippen LogP contribution in [0.4, 0.5) is 4.39 Å². The van der Waals surface area contributed by atoms with Crippen molar-refractivity contribution in [3.05, 3.63) is 54.0 Å². The van der Waals surface area contributed by atoms with Crippen LogP contribution in [0.25, 0.3) is 0 Å². The van der Waals surface area contributed by atoms with Gasteiger partial charge in [0, 0.05) is 58.8 Å². The van der Waals surface area contributed by atoms with Gasteiger partial charge >= 0.3 is 0 Å². The van der Waals surface area contributed by atoms with E-state index in [4.69, 9.17) is 14.2 Å². The summed E-state index contributed by atoms with van der Waals surface area (Å²) in [6.45, 7) is 4.65. The Bertz CT molecular complexity index is 793. The minimum absolute atomic E-state index is 0.300. The molecule has 0 aliphatic carbocycles. The largest absolute Gasteiger partial charge is 0.439 e. The van der Waals surface area contributed by atoms with E-state index in [2.05, 4.69) is 20.6 Å². The molecule has 2 aromatic rings. The zero-order chi connectivity index (χ0) is 21.7. The van der Waals surface area contributed by atoms with Gasteiger partial charge in [-0.15, -0.1) is 0 Å². The zero-order valence-corrected chi connectivity index (χ0v) is 18.0. The van der Waals surface area contributed by atoms with Crippen molar-refractivity contribution in [1.29, 1.82) is 0 Å². The molecule has 0 saturated carbocycles. The molecule has 0 bridgehead atoms. The van der Waals surface area contributed by atoms with E-state index in [1.807, 2.05) is 6.07 Å². The lowest BCUT2D eigenvalue weighted by Crippen LogP contribution is -2.37. The molecule has 8 heteroatoms. The average molecular weight is 431 g/mol. The molecule has 1 aliphatic heterocycles. The van der Waals surface area contributed by atoms with Crippen molar-refractivity contribution < 1.29 is 18.6 Å². The first-order valence-electron chi connectivity index (χ1n) is 10.7. The van der Waals surface area contributed by atoms with Crippen LogP contribution in [-0.2, 0) is 16.0 Å². The average Bonchev–Trinajstić information content (AvgIpc) is 2.81. The molecule has 3 rings (SSSR count). The summed E-state index contributed by atoms with van der Waals surface area (Å²) in [5, 5.41) is 6.56. The molecule has 2 N–H and O–H groups in total. The van der Waals surface area contributed by atoms with Crippen LogP contribution >= 0.6 is 0 Å². The van der Waals surface area contributed by atoms with E-state index in [0.29, 0.717) is 24.1 Å². The van der Waals surface area contributed by atoms with E-state index in [-0.39, 0.29) is 5.82 Å². The van der Waals surface area contributed by atoms with E-state index in [1.54, 1.807) is 31.4 Å². The van der Waals surface area contributed by atoms with Gasteiger partial charge in [-0.2, -0.15) is 0 Å². The monoisotopic (exact) mass is 430 g/mol. The van der Waals surface area contributed by atoms with E-state index >= 15 is 0 Å². The van der Waals surface area contributed by atoms with Crippen LogP contribution < -0.4 is 15.4 Å². The maximum absolute atomic E-state index is 13.0. The molecule has 168 valence electrons. The van der Waals surface area contributed by atoms with Crippen molar-refractivity contribution in [3.8, 4) is 11.6 Å². The molecule has 0 radical (unpaired) electrons. The number of aromatic nitrogens is 1. The third-order valence-electron chi connectivity index (χ3n) is 4.97. The van der Waals surface area contributed by atoms with Gasteiger partial charge < -0.3 is 24.8 Å². The van der Waals surface area contributed by atoms with Gasteiger partial charge in [0.2, 0.25) is 5.88 Å². The number of hydrogen-bond acceptors (Lipinski definition) is 5. The fraction of sp³-hybridized carbons (Fsp3) is 0.478. The van der Waals surface area contributed by atoms with Gasteiger partial charge in [0.15, 0.2) is 5.96 Å². The van der Waals surface area contributed by atoms with Gasteiger partial charge in [0.1, 0.15) is 11.6 Å². The molecule has 0 atom stereocenters. The van der Waals surface area contributed by atoms with E-state index in [1.165, 1.54) is 12.1 Å². The van der Waals surface area contributed by atoms with Crippen LogP contribution in [0, 0.1) is 11.7 Å². The topological polar surface area (TPSA) is 77.0 Å². The molecule has 0 unspecified atom stereocenters. The van der Waals surface area contributed by atoms with Crippen LogP contribution in [0.15, 0.2) is 47.6 Å². The molecule has 1 aromatic carbocycles. The molecule has 0 spiro atoms. The fourth-order valence-corrected chi connectivity index (χ4v) is 3.15. The Hall–Kier alpha value is -2.71. The summed E-state index contributed by atoms with van der Waals surface area (Å²) in [5.41, 5.74) is 0.995. The summed E-state index contributed by atoms with van der Waals surface area (Å²) in [6, 6.07) is 9.55. The maximum Gasteiger partial charge on any atom is 0.219 e.